The number of hydrogen-bond donors (Lipinski definition) is 2. The lowest BCUT2D eigenvalue weighted by atomic mass is 10.2. The molecule has 1 fully saturated rings. The van der Waals surface area contributed by atoms with Gasteiger partial charge in [0, 0.05) is 12.6 Å². The van der Waals surface area contributed by atoms with Gasteiger partial charge in [-0.3, -0.25) is 0 Å². The van der Waals surface area contributed by atoms with Crippen LogP contribution in [0.15, 0.2) is 29.2 Å². The standard InChI is InChI=1S/C12H15N3O2S/c13-8-10-3-5-12(6-4-10)18(16,17)15-9-11-2-1-7-14-11/h3-6,11,14-15H,1-2,7,9H2. The van der Waals surface area contributed by atoms with Crippen molar-refractivity contribution in [3.05, 3.63) is 29.8 Å². The molecular formula is C12H15N3O2S. The van der Waals surface area contributed by atoms with Crippen molar-refractivity contribution < 1.29 is 8.42 Å². The van der Waals surface area contributed by atoms with Gasteiger partial charge >= 0.3 is 0 Å². The lowest BCUT2D eigenvalue weighted by Gasteiger charge is -2.11. The molecule has 1 aromatic carbocycles. The molecule has 1 aliphatic rings. The van der Waals surface area contributed by atoms with Crippen molar-refractivity contribution in [2.24, 2.45) is 0 Å². The Kier molecular flexibility index (Phi) is 3.97. The predicted molar refractivity (Wildman–Crippen MR) is 67.4 cm³/mol. The van der Waals surface area contributed by atoms with Crippen LogP contribution in [-0.2, 0) is 10.0 Å². The highest BCUT2D eigenvalue weighted by atomic mass is 32.2. The fourth-order valence-corrected chi connectivity index (χ4v) is 3.01. The van der Waals surface area contributed by atoms with Gasteiger partial charge in [0.15, 0.2) is 0 Å². The molecule has 1 heterocycles. The molecule has 0 bridgehead atoms. The molecule has 1 atom stereocenters. The molecule has 0 amide bonds. The largest absolute Gasteiger partial charge is 0.313 e. The van der Waals surface area contributed by atoms with E-state index in [1.165, 1.54) is 24.3 Å². The normalized spacial score (nSPS) is 19.6. The van der Waals surface area contributed by atoms with Crippen LogP contribution in [0.1, 0.15) is 18.4 Å². The van der Waals surface area contributed by atoms with E-state index in [1.807, 2.05) is 6.07 Å². The van der Waals surface area contributed by atoms with E-state index in [0.717, 1.165) is 19.4 Å². The summed E-state index contributed by atoms with van der Waals surface area (Å²) in [5.74, 6) is 0. The van der Waals surface area contributed by atoms with Crippen LogP contribution in [0.4, 0.5) is 0 Å². The van der Waals surface area contributed by atoms with Gasteiger partial charge in [0.2, 0.25) is 10.0 Å². The number of rotatable bonds is 4. The third kappa shape index (κ3) is 3.07. The molecule has 0 spiro atoms. The molecule has 6 heteroatoms. The Morgan fingerprint density at radius 1 is 1.39 bits per heavy atom. The summed E-state index contributed by atoms with van der Waals surface area (Å²) in [7, 11) is -3.47. The van der Waals surface area contributed by atoms with Crippen molar-refractivity contribution >= 4 is 10.0 Å². The molecular weight excluding hydrogens is 250 g/mol. The van der Waals surface area contributed by atoms with Gasteiger partial charge in [-0.05, 0) is 43.7 Å². The highest BCUT2D eigenvalue weighted by Crippen LogP contribution is 2.11. The minimum atomic E-state index is -3.47. The predicted octanol–water partition coefficient (Wildman–Crippen LogP) is 0.589. The zero-order valence-corrected chi connectivity index (χ0v) is 10.7. The Hall–Kier alpha value is -1.42. The van der Waals surface area contributed by atoms with Crippen molar-refractivity contribution in [3.63, 3.8) is 0 Å². The van der Waals surface area contributed by atoms with Crippen LogP contribution < -0.4 is 10.0 Å². The number of benzene rings is 1. The fraction of sp³-hybridized carbons (Fsp3) is 0.417. The molecule has 18 heavy (non-hydrogen) atoms. The first-order chi connectivity index (χ1) is 8.62. The van der Waals surface area contributed by atoms with Crippen LogP contribution in [0.2, 0.25) is 0 Å². The third-order valence-electron chi connectivity index (χ3n) is 2.98. The van der Waals surface area contributed by atoms with Crippen LogP contribution in [0.3, 0.4) is 0 Å². The maximum Gasteiger partial charge on any atom is 0.240 e. The summed E-state index contributed by atoms with van der Waals surface area (Å²) in [6.45, 7) is 1.35. The fourth-order valence-electron chi connectivity index (χ4n) is 1.93. The Labute approximate surface area is 107 Å². The van der Waals surface area contributed by atoms with Crippen molar-refractivity contribution in [1.29, 1.82) is 5.26 Å². The van der Waals surface area contributed by atoms with E-state index in [2.05, 4.69) is 10.0 Å². The molecule has 0 radical (unpaired) electrons. The Balaban J connectivity index is 2.02. The Bertz CT molecular complexity index is 540. The van der Waals surface area contributed by atoms with E-state index in [9.17, 15) is 8.42 Å². The zero-order valence-electron chi connectivity index (χ0n) is 9.89. The maximum atomic E-state index is 12.0. The monoisotopic (exact) mass is 265 g/mol. The quantitative estimate of drug-likeness (QED) is 0.834. The minimum Gasteiger partial charge on any atom is -0.313 e. The second-order valence-electron chi connectivity index (χ2n) is 4.28. The first kappa shape index (κ1) is 13.0. The Morgan fingerprint density at radius 2 is 2.11 bits per heavy atom. The molecule has 1 unspecified atom stereocenters. The summed E-state index contributed by atoms with van der Waals surface area (Å²) in [5, 5.41) is 11.9. The second kappa shape index (κ2) is 5.48. The van der Waals surface area contributed by atoms with Gasteiger partial charge in [-0.1, -0.05) is 0 Å². The highest BCUT2D eigenvalue weighted by Gasteiger charge is 2.18. The molecule has 96 valence electrons. The van der Waals surface area contributed by atoms with Crippen LogP contribution in [0.5, 0.6) is 0 Å². The number of nitriles is 1. The summed E-state index contributed by atoms with van der Waals surface area (Å²) < 4.78 is 26.5. The van der Waals surface area contributed by atoms with Crippen molar-refractivity contribution in [3.8, 4) is 6.07 Å². The maximum absolute atomic E-state index is 12.0. The van der Waals surface area contributed by atoms with Crippen molar-refractivity contribution in [2.75, 3.05) is 13.1 Å². The van der Waals surface area contributed by atoms with E-state index in [4.69, 9.17) is 5.26 Å². The van der Waals surface area contributed by atoms with Crippen LogP contribution >= 0.6 is 0 Å². The SMILES string of the molecule is N#Cc1ccc(S(=O)(=O)NCC2CCCN2)cc1. The molecule has 5 nitrogen and oxygen atoms in total. The lowest BCUT2D eigenvalue weighted by Crippen LogP contribution is -2.37. The van der Waals surface area contributed by atoms with Crippen molar-refractivity contribution in [2.45, 2.75) is 23.8 Å². The molecule has 0 saturated carbocycles. The highest BCUT2D eigenvalue weighted by molar-refractivity contribution is 7.89. The number of nitrogens with one attached hydrogen (secondary N) is 2. The third-order valence-corrected chi connectivity index (χ3v) is 4.42. The average Bonchev–Trinajstić information content (AvgIpc) is 2.90. The summed E-state index contributed by atoms with van der Waals surface area (Å²) in [4.78, 5) is 0.194. The first-order valence-corrected chi connectivity index (χ1v) is 7.33. The van der Waals surface area contributed by atoms with Crippen LogP contribution in [0.25, 0.3) is 0 Å². The van der Waals surface area contributed by atoms with Gasteiger partial charge in [-0.25, -0.2) is 13.1 Å². The molecule has 2 N–H and O–H groups in total. The molecule has 1 aromatic rings. The zero-order chi connectivity index (χ0) is 13.0. The van der Waals surface area contributed by atoms with E-state index in [0.29, 0.717) is 12.1 Å². The molecule has 0 aliphatic carbocycles. The van der Waals surface area contributed by atoms with Gasteiger partial charge in [0.05, 0.1) is 16.5 Å². The van der Waals surface area contributed by atoms with Crippen LogP contribution in [-0.4, -0.2) is 27.5 Å². The van der Waals surface area contributed by atoms with Gasteiger partial charge in [-0.2, -0.15) is 5.26 Å². The van der Waals surface area contributed by atoms with Crippen molar-refractivity contribution in [1.82, 2.24) is 10.0 Å². The number of hydrogen-bond acceptors (Lipinski definition) is 4. The topological polar surface area (TPSA) is 82.0 Å². The summed E-state index contributed by atoms with van der Waals surface area (Å²) in [5.41, 5.74) is 0.450. The van der Waals surface area contributed by atoms with E-state index < -0.39 is 10.0 Å². The van der Waals surface area contributed by atoms with Gasteiger partial charge in [-0.15, -0.1) is 0 Å². The molecule has 1 saturated heterocycles. The van der Waals surface area contributed by atoms with Gasteiger partial charge < -0.3 is 5.32 Å². The van der Waals surface area contributed by atoms with E-state index >= 15 is 0 Å². The van der Waals surface area contributed by atoms with E-state index in [1.54, 1.807) is 0 Å². The van der Waals surface area contributed by atoms with Gasteiger partial charge in [0.1, 0.15) is 0 Å². The summed E-state index contributed by atoms with van der Waals surface area (Å²) in [6.07, 6.45) is 2.08. The lowest BCUT2D eigenvalue weighted by molar-refractivity contribution is 0.552. The molecule has 2 rings (SSSR count). The number of sulfonamides is 1. The average molecular weight is 265 g/mol. The smallest absolute Gasteiger partial charge is 0.240 e. The summed E-state index contributed by atoms with van der Waals surface area (Å²) in [6, 6.07) is 8.08. The first-order valence-electron chi connectivity index (χ1n) is 5.85. The van der Waals surface area contributed by atoms with Crippen LogP contribution in [0, 0.1) is 11.3 Å². The second-order valence-corrected chi connectivity index (χ2v) is 6.05. The number of nitrogens with zero attached hydrogens (tertiary/aromatic N) is 1. The molecule has 1 aliphatic heterocycles. The Morgan fingerprint density at radius 3 is 2.67 bits per heavy atom. The summed E-state index contributed by atoms with van der Waals surface area (Å²) >= 11 is 0. The van der Waals surface area contributed by atoms with Gasteiger partial charge in [0.25, 0.3) is 0 Å². The molecule has 0 aromatic heterocycles. The van der Waals surface area contributed by atoms with E-state index in [-0.39, 0.29) is 10.9 Å². The minimum absolute atomic E-state index is 0.194.